The highest BCUT2D eigenvalue weighted by molar-refractivity contribution is 6.28. The van der Waals surface area contributed by atoms with E-state index in [9.17, 15) is 9.59 Å². The van der Waals surface area contributed by atoms with E-state index in [0.29, 0.717) is 12.8 Å². The number of imide groups is 1. The first kappa shape index (κ1) is 11.3. The standard InChI is InChI=1S/C8H13ClN2O3/c9-5-7(12)11(8(13)14)6-1-3-10-4-2-6/h6,10H,1-5H2,(H,13,14). The monoisotopic (exact) mass is 220 g/mol. The van der Waals surface area contributed by atoms with E-state index in [2.05, 4.69) is 5.32 Å². The van der Waals surface area contributed by atoms with Gasteiger partial charge >= 0.3 is 6.09 Å². The average Bonchev–Trinajstić information content (AvgIpc) is 2.19. The third kappa shape index (κ3) is 2.59. The van der Waals surface area contributed by atoms with Crippen LogP contribution in [-0.2, 0) is 4.79 Å². The molecular formula is C8H13ClN2O3. The Morgan fingerprint density at radius 3 is 2.43 bits per heavy atom. The third-order valence-electron chi connectivity index (χ3n) is 2.26. The molecule has 0 unspecified atom stereocenters. The van der Waals surface area contributed by atoms with Crippen LogP contribution in [0.4, 0.5) is 4.79 Å². The molecule has 1 rings (SSSR count). The van der Waals surface area contributed by atoms with E-state index in [4.69, 9.17) is 16.7 Å². The van der Waals surface area contributed by atoms with Crippen LogP contribution >= 0.6 is 11.6 Å². The summed E-state index contributed by atoms with van der Waals surface area (Å²) in [6.07, 6.45) is 0.117. The van der Waals surface area contributed by atoms with Gasteiger partial charge in [-0.05, 0) is 25.9 Å². The van der Waals surface area contributed by atoms with E-state index < -0.39 is 12.0 Å². The predicted molar refractivity (Wildman–Crippen MR) is 51.5 cm³/mol. The highest BCUT2D eigenvalue weighted by atomic mass is 35.5. The molecule has 0 aromatic carbocycles. The largest absolute Gasteiger partial charge is 0.465 e. The van der Waals surface area contributed by atoms with Gasteiger partial charge in [0.25, 0.3) is 0 Å². The number of halogens is 1. The summed E-state index contributed by atoms with van der Waals surface area (Å²) in [6.45, 7) is 1.48. The van der Waals surface area contributed by atoms with E-state index in [1.807, 2.05) is 0 Å². The zero-order valence-corrected chi connectivity index (χ0v) is 8.46. The summed E-state index contributed by atoms with van der Waals surface area (Å²) in [6, 6.07) is -0.222. The van der Waals surface area contributed by atoms with Crippen molar-refractivity contribution < 1.29 is 14.7 Å². The number of nitrogens with zero attached hydrogens (tertiary/aromatic N) is 1. The fraction of sp³-hybridized carbons (Fsp3) is 0.750. The minimum Gasteiger partial charge on any atom is -0.465 e. The molecule has 1 saturated heterocycles. The number of piperidine rings is 1. The zero-order valence-electron chi connectivity index (χ0n) is 7.70. The molecule has 14 heavy (non-hydrogen) atoms. The molecule has 0 radical (unpaired) electrons. The van der Waals surface area contributed by atoms with Crippen LogP contribution in [0.2, 0.25) is 0 Å². The van der Waals surface area contributed by atoms with Crippen molar-refractivity contribution in [2.75, 3.05) is 19.0 Å². The maximum Gasteiger partial charge on any atom is 0.414 e. The van der Waals surface area contributed by atoms with Crippen molar-refractivity contribution in [3.8, 4) is 0 Å². The molecule has 1 heterocycles. The summed E-state index contributed by atoms with van der Waals surface area (Å²) in [5, 5.41) is 12.0. The molecule has 0 aliphatic carbocycles. The van der Waals surface area contributed by atoms with Gasteiger partial charge in [-0.2, -0.15) is 0 Å². The van der Waals surface area contributed by atoms with Crippen LogP contribution in [0.5, 0.6) is 0 Å². The van der Waals surface area contributed by atoms with Crippen LogP contribution in [0.25, 0.3) is 0 Å². The molecule has 0 spiro atoms. The van der Waals surface area contributed by atoms with Crippen LogP contribution in [0.1, 0.15) is 12.8 Å². The van der Waals surface area contributed by atoms with Gasteiger partial charge in [0.05, 0.1) is 0 Å². The smallest absolute Gasteiger partial charge is 0.414 e. The van der Waals surface area contributed by atoms with Gasteiger partial charge in [-0.15, -0.1) is 11.6 Å². The molecule has 0 aromatic heterocycles. The van der Waals surface area contributed by atoms with Crippen molar-refractivity contribution in [1.82, 2.24) is 10.2 Å². The number of hydrogen-bond acceptors (Lipinski definition) is 3. The van der Waals surface area contributed by atoms with Gasteiger partial charge in [-0.25, -0.2) is 9.69 Å². The summed E-state index contributed by atoms with van der Waals surface area (Å²) < 4.78 is 0. The van der Waals surface area contributed by atoms with Crippen molar-refractivity contribution in [3.05, 3.63) is 0 Å². The summed E-state index contributed by atoms with van der Waals surface area (Å²) in [5.74, 6) is -0.818. The second kappa shape index (κ2) is 5.17. The Balaban J connectivity index is 2.65. The molecule has 80 valence electrons. The summed E-state index contributed by atoms with van der Waals surface area (Å²) in [4.78, 5) is 22.9. The molecule has 1 aliphatic rings. The third-order valence-corrected chi connectivity index (χ3v) is 2.49. The quantitative estimate of drug-likeness (QED) is 0.665. The van der Waals surface area contributed by atoms with E-state index in [1.165, 1.54) is 0 Å². The first-order chi connectivity index (χ1) is 6.66. The molecule has 0 bridgehead atoms. The van der Waals surface area contributed by atoms with Crippen LogP contribution < -0.4 is 5.32 Å². The molecular weight excluding hydrogens is 208 g/mol. The van der Waals surface area contributed by atoms with Gasteiger partial charge in [0.2, 0.25) is 5.91 Å². The SMILES string of the molecule is O=C(O)N(C(=O)CCl)C1CCNCC1. The molecule has 2 N–H and O–H groups in total. The van der Waals surface area contributed by atoms with Gasteiger partial charge in [0, 0.05) is 6.04 Å². The first-order valence-electron chi connectivity index (χ1n) is 4.48. The lowest BCUT2D eigenvalue weighted by molar-refractivity contribution is -0.128. The Bertz CT molecular complexity index is 229. The van der Waals surface area contributed by atoms with Crippen LogP contribution in [0.3, 0.4) is 0 Å². The van der Waals surface area contributed by atoms with Gasteiger partial charge < -0.3 is 10.4 Å². The topological polar surface area (TPSA) is 69.6 Å². The number of hydrogen-bond donors (Lipinski definition) is 2. The number of carbonyl (C=O) groups excluding carboxylic acids is 1. The van der Waals surface area contributed by atoms with Gasteiger partial charge in [-0.3, -0.25) is 4.79 Å². The summed E-state index contributed by atoms with van der Waals surface area (Å²) in [7, 11) is 0. The molecule has 0 aromatic rings. The fourth-order valence-electron chi connectivity index (χ4n) is 1.60. The molecule has 6 heteroatoms. The van der Waals surface area contributed by atoms with E-state index in [0.717, 1.165) is 18.0 Å². The number of nitrogens with one attached hydrogen (secondary N) is 1. The minimum atomic E-state index is -1.21. The molecule has 1 fully saturated rings. The first-order valence-corrected chi connectivity index (χ1v) is 5.02. The highest BCUT2D eigenvalue weighted by Gasteiger charge is 2.29. The molecule has 2 amide bonds. The zero-order chi connectivity index (χ0) is 10.6. The average molecular weight is 221 g/mol. The Morgan fingerprint density at radius 2 is 2.00 bits per heavy atom. The normalized spacial score (nSPS) is 17.8. The lowest BCUT2D eigenvalue weighted by Gasteiger charge is -2.30. The maximum atomic E-state index is 11.2. The second-order valence-corrected chi connectivity index (χ2v) is 3.43. The lowest BCUT2D eigenvalue weighted by atomic mass is 10.1. The molecule has 1 aliphatic heterocycles. The summed E-state index contributed by atoms with van der Waals surface area (Å²) >= 11 is 5.34. The fourth-order valence-corrected chi connectivity index (χ4v) is 1.72. The van der Waals surface area contributed by atoms with E-state index >= 15 is 0 Å². The minimum absolute atomic E-state index is 0.222. The van der Waals surface area contributed by atoms with Crippen molar-refractivity contribution in [2.24, 2.45) is 0 Å². The lowest BCUT2D eigenvalue weighted by Crippen LogP contribution is -2.49. The van der Waals surface area contributed by atoms with E-state index in [1.54, 1.807) is 0 Å². The Labute approximate surface area is 87.0 Å². The van der Waals surface area contributed by atoms with Crippen molar-refractivity contribution in [1.29, 1.82) is 0 Å². The van der Waals surface area contributed by atoms with E-state index in [-0.39, 0.29) is 11.9 Å². The number of alkyl halides is 1. The maximum absolute atomic E-state index is 11.2. The Hall–Kier alpha value is -0.810. The van der Waals surface area contributed by atoms with Gasteiger partial charge in [0.15, 0.2) is 0 Å². The number of carboxylic acid groups (broad SMARTS) is 1. The predicted octanol–water partition coefficient (Wildman–Crippen LogP) is 0.484. The Kier molecular flexibility index (Phi) is 4.16. The van der Waals surface area contributed by atoms with Crippen LogP contribution in [0.15, 0.2) is 0 Å². The van der Waals surface area contributed by atoms with Crippen molar-refractivity contribution in [2.45, 2.75) is 18.9 Å². The Morgan fingerprint density at radius 1 is 1.43 bits per heavy atom. The van der Waals surface area contributed by atoms with Crippen molar-refractivity contribution in [3.63, 3.8) is 0 Å². The highest BCUT2D eigenvalue weighted by Crippen LogP contribution is 2.12. The second-order valence-electron chi connectivity index (χ2n) is 3.16. The van der Waals surface area contributed by atoms with Crippen LogP contribution in [-0.4, -0.2) is 47.0 Å². The number of carbonyl (C=O) groups is 2. The van der Waals surface area contributed by atoms with Crippen LogP contribution in [0, 0.1) is 0 Å². The molecule has 0 atom stereocenters. The van der Waals surface area contributed by atoms with Gasteiger partial charge in [-0.1, -0.05) is 0 Å². The number of amides is 2. The molecule has 5 nitrogen and oxygen atoms in total. The molecule has 0 saturated carbocycles. The number of rotatable bonds is 2. The van der Waals surface area contributed by atoms with Gasteiger partial charge in [0.1, 0.15) is 5.88 Å². The summed E-state index contributed by atoms with van der Waals surface area (Å²) in [5.41, 5.74) is 0. The van der Waals surface area contributed by atoms with Crippen molar-refractivity contribution >= 4 is 23.6 Å².